The molecule has 1 saturated heterocycles. The second kappa shape index (κ2) is 9.27. The average Bonchev–Trinajstić information content (AvgIpc) is 3.28. The van der Waals surface area contributed by atoms with Gasteiger partial charge in [-0.15, -0.1) is 10.2 Å². The van der Waals surface area contributed by atoms with E-state index in [4.69, 9.17) is 9.15 Å². The van der Waals surface area contributed by atoms with Gasteiger partial charge in [0.25, 0.3) is 5.22 Å². The number of nitrogens with zero attached hydrogens (tertiary/aromatic N) is 3. The summed E-state index contributed by atoms with van der Waals surface area (Å²) in [5.74, 6) is -0.326. The van der Waals surface area contributed by atoms with Gasteiger partial charge in [-0.1, -0.05) is 11.8 Å². The van der Waals surface area contributed by atoms with Crippen molar-refractivity contribution in [2.45, 2.75) is 10.1 Å². The van der Waals surface area contributed by atoms with Crippen LogP contribution in [0.5, 0.6) is 0 Å². The molecule has 8 nitrogen and oxygen atoms in total. The van der Waals surface area contributed by atoms with Crippen LogP contribution in [0.1, 0.15) is 10.4 Å². The summed E-state index contributed by atoms with van der Waals surface area (Å²) >= 11 is 1.07. The van der Waals surface area contributed by atoms with E-state index in [0.29, 0.717) is 37.4 Å². The summed E-state index contributed by atoms with van der Waals surface area (Å²) in [6.07, 6.45) is 0. The maximum absolute atomic E-state index is 13.0. The second-order valence-electron chi connectivity index (χ2n) is 6.63. The quantitative estimate of drug-likeness (QED) is 0.389. The standard InChI is InChI=1S/C20H18FN3O5S2/c21-16-5-1-14(2-6-16)18(25)13-30-20-23-22-19(29-20)15-3-7-17(8-4-15)31(26,27)24-9-11-28-12-10-24/h1-8H,9-13H2. The number of carbonyl (C=O) groups is 1. The van der Waals surface area contributed by atoms with Crippen molar-refractivity contribution >= 4 is 27.6 Å². The topological polar surface area (TPSA) is 103 Å². The lowest BCUT2D eigenvalue weighted by Gasteiger charge is -2.26. The van der Waals surface area contributed by atoms with Crippen LogP contribution in [0.4, 0.5) is 4.39 Å². The van der Waals surface area contributed by atoms with Crippen LogP contribution < -0.4 is 0 Å². The number of thioether (sulfide) groups is 1. The number of hydrogen-bond donors (Lipinski definition) is 0. The van der Waals surface area contributed by atoms with E-state index in [9.17, 15) is 17.6 Å². The number of Topliss-reactive ketones (excluding diaryl/α,β-unsaturated/α-hetero) is 1. The summed E-state index contributed by atoms with van der Waals surface area (Å²) in [6, 6.07) is 11.5. The predicted molar refractivity (Wildman–Crippen MR) is 111 cm³/mol. The van der Waals surface area contributed by atoms with E-state index in [0.717, 1.165) is 11.8 Å². The normalized spacial score (nSPS) is 15.1. The van der Waals surface area contributed by atoms with Crippen LogP contribution in [-0.4, -0.2) is 60.8 Å². The molecule has 0 amide bonds. The number of benzene rings is 2. The molecule has 0 radical (unpaired) electrons. The van der Waals surface area contributed by atoms with Crippen molar-refractivity contribution in [2.75, 3.05) is 32.1 Å². The fourth-order valence-corrected chi connectivity index (χ4v) is 5.00. The van der Waals surface area contributed by atoms with Gasteiger partial charge >= 0.3 is 0 Å². The molecule has 0 spiro atoms. The molecule has 3 aromatic rings. The SMILES string of the molecule is O=C(CSc1nnc(-c2ccc(S(=O)(=O)N3CCOCC3)cc2)o1)c1ccc(F)cc1. The van der Waals surface area contributed by atoms with Crippen LogP contribution in [0.15, 0.2) is 63.1 Å². The number of aromatic nitrogens is 2. The van der Waals surface area contributed by atoms with E-state index in [1.165, 1.54) is 40.7 Å². The Morgan fingerprint density at radius 2 is 1.71 bits per heavy atom. The van der Waals surface area contributed by atoms with E-state index in [-0.39, 0.29) is 27.5 Å². The van der Waals surface area contributed by atoms with Crippen LogP contribution in [0, 0.1) is 5.82 Å². The third kappa shape index (κ3) is 5.01. The van der Waals surface area contributed by atoms with Gasteiger partial charge in [0.2, 0.25) is 15.9 Å². The summed E-state index contributed by atoms with van der Waals surface area (Å²) in [6.45, 7) is 1.41. The molecule has 4 rings (SSSR count). The molecule has 0 unspecified atom stereocenters. The molecule has 2 heterocycles. The number of rotatable bonds is 7. The van der Waals surface area contributed by atoms with E-state index in [1.807, 2.05) is 0 Å². The predicted octanol–water partition coefficient (Wildman–Crippen LogP) is 2.87. The summed E-state index contributed by atoms with van der Waals surface area (Å²) in [4.78, 5) is 12.3. The Morgan fingerprint density at radius 1 is 1.03 bits per heavy atom. The van der Waals surface area contributed by atoms with Crippen molar-refractivity contribution in [3.8, 4) is 11.5 Å². The molecule has 0 bridgehead atoms. The third-order valence-electron chi connectivity index (χ3n) is 4.61. The number of halogens is 1. The minimum Gasteiger partial charge on any atom is -0.411 e. The summed E-state index contributed by atoms with van der Waals surface area (Å²) in [5, 5.41) is 8.07. The Balaban J connectivity index is 1.40. The largest absolute Gasteiger partial charge is 0.411 e. The van der Waals surface area contributed by atoms with Gasteiger partial charge in [-0.05, 0) is 48.5 Å². The van der Waals surface area contributed by atoms with Crippen molar-refractivity contribution in [3.05, 3.63) is 59.9 Å². The zero-order valence-electron chi connectivity index (χ0n) is 16.2. The number of ether oxygens (including phenoxy) is 1. The van der Waals surface area contributed by atoms with Crippen LogP contribution in [0.25, 0.3) is 11.5 Å². The molecule has 1 fully saturated rings. The smallest absolute Gasteiger partial charge is 0.277 e. The fourth-order valence-electron chi connectivity index (χ4n) is 2.94. The number of carbonyl (C=O) groups excluding carboxylic acids is 1. The molecular weight excluding hydrogens is 445 g/mol. The highest BCUT2D eigenvalue weighted by Crippen LogP contribution is 2.26. The molecule has 0 atom stereocenters. The summed E-state index contributed by atoms with van der Waals surface area (Å²) in [5.41, 5.74) is 0.954. The first-order chi connectivity index (χ1) is 14.9. The van der Waals surface area contributed by atoms with Gasteiger partial charge in [0.05, 0.1) is 23.9 Å². The van der Waals surface area contributed by atoms with Crippen LogP contribution in [-0.2, 0) is 14.8 Å². The molecule has 162 valence electrons. The summed E-state index contributed by atoms with van der Waals surface area (Å²) in [7, 11) is -3.58. The molecule has 11 heteroatoms. The molecule has 31 heavy (non-hydrogen) atoms. The Bertz CT molecular complexity index is 1160. The van der Waals surface area contributed by atoms with E-state index < -0.39 is 15.8 Å². The average molecular weight is 464 g/mol. The zero-order chi connectivity index (χ0) is 21.8. The third-order valence-corrected chi connectivity index (χ3v) is 7.34. The van der Waals surface area contributed by atoms with E-state index >= 15 is 0 Å². The minimum atomic E-state index is -3.58. The lowest BCUT2D eigenvalue weighted by molar-refractivity contribution is 0.0730. The Labute approximate surface area is 182 Å². The van der Waals surface area contributed by atoms with Gasteiger partial charge < -0.3 is 9.15 Å². The molecule has 1 aromatic heterocycles. The first kappa shape index (κ1) is 21.6. The summed E-state index contributed by atoms with van der Waals surface area (Å²) < 4.78 is 50.5. The molecule has 0 saturated carbocycles. The van der Waals surface area contributed by atoms with Crippen LogP contribution in [0.2, 0.25) is 0 Å². The van der Waals surface area contributed by atoms with Crippen molar-refractivity contribution in [2.24, 2.45) is 0 Å². The van der Waals surface area contributed by atoms with E-state index in [2.05, 4.69) is 10.2 Å². The zero-order valence-corrected chi connectivity index (χ0v) is 17.9. The van der Waals surface area contributed by atoms with Gasteiger partial charge in [0.1, 0.15) is 5.82 Å². The first-order valence-electron chi connectivity index (χ1n) is 9.37. The van der Waals surface area contributed by atoms with Gasteiger partial charge in [-0.3, -0.25) is 4.79 Å². The first-order valence-corrected chi connectivity index (χ1v) is 11.8. The van der Waals surface area contributed by atoms with Crippen molar-refractivity contribution in [1.29, 1.82) is 0 Å². The van der Waals surface area contributed by atoms with Crippen LogP contribution >= 0.6 is 11.8 Å². The number of ketones is 1. The number of sulfonamides is 1. The Hall–Kier alpha value is -2.60. The molecule has 1 aliphatic heterocycles. The van der Waals surface area contributed by atoms with E-state index in [1.54, 1.807) is 12.1 Å². The van der Waals surface area contributed by atoms with Crippen molar-refractivity contribution in [1.82, 2.24) is 14.5 Å². The fraction of sp³-hybridized carbons (Fsp3) is 0.250. The Morgan fingerprint density at radius 3 is 2.39 bits per heavy atom. The van der Waals surface area contributed by atoms with Crippen molar-refractivity contribution < 1.29 is 26.8 Å². The molecule has 0 N–H and O–H groups in total. The lowest BCUT2D eigenvalue weighted by atomic mass is 10.1. The lowest BCUT2D eigenvalue weighted by Crippen LogP contribution is -2.40. The second-order valence-corrected chi connectivity index (χ2v) is 9.50. The molecular formula is C20H18FN3O5S2. The highest BCUT2D eigenvalue weighted by atomic mass is 32.2. The van der Waals surface area contributed by atoms with Gasteiger partial charge in [0.15, 0.2) is 5.78 Å². The molecule has 1 aliphatic rings. The Kier molecular flexibility index (Phi) is 6.46. The molecule has 2 aromatic carbocycles. The highest BCUT2D eigenvalue weighted by Gasteiger charge is 2.26. The minimum absolute atomic E-state index is 0.0595. The highest BCUT2D eigenvalue weighted by molar-refractivity contribution is 7.99. The van der Waals surface area contributed by atoms with Crippen molar-refractivity contribution in [3.63, 3.8) is 0 Å². The maximum Gasteiger partial charge on any atom is 0.277 e. The molecule has 0 aliphatic carbocycles. The maximum atomic E-state index is 13.0. The number of hydrogen-bond acceptors (Lipinski definition) is 8. The van der Waals surface area contributed by atoms with Gasteiger partial charge in [0, 0.05) is 24.2 Å². The number of morpholine rings is 1. The van der Waals surface area contributed by atoms with Gasteiger partial charge in [-0.2, -0.15) is 4.31 Å². The van der Waals surface area contributed by atoms with Gasteiger partial charge in [-0.25, -0.2) is 12.8 Å². The van der Waals surface area contributed by atoms with Crippen LogP contribution in [0.3, 0.4) is 0 Å². The monoisotopic (exact) mass is 463 g/mol.